The van der Waals surface area contributed by atoms with E-state index in [1.54, 1.807) is 34.1 Å². The average molecular weight is 784 g/mol. The minimum atomic E-state index is -3.91. The van der Waals surface area contributed by atoms with E-state index in [1.165, 1.54) is 12.0 Å². The number of allylic oxidation sites excluding steroid dienone is 1. The predicted octanol–water partition coefficient (Wildman–Crippen LogP) is 3.61. The lowest BCUT2D eigenvalue weighted by Gasteiger charge is -2.34. The number of aromatic nitrogens is 1. The molecule has 4 amide bonds. The van der Waals surface area contributed by atoms with E-state index in [4.69, 9.17) is 18.9 Å². The average Bonchev–Trinajstić information content (AvgIpc) is 4.05. The molecule has 3 heterocycles. The summed E-state index contributed by atoms with van der Waals surface area (Å²) in [6, 6.07) is 5.09. The zero-order valence-electron chi connectivity index (χ0n) is 32.3. The molecule has 4 aliphatic rings. The van der Waals surface area contributed by atoms with E-state index >= 15 is 0 Å². The van der Waals surface area contributed by atoms with Gasteiger partial charge in [-0.1, -0.05) is 37.3 Å². The van der Waals surface area contributed by atoms with Crippen molar-refractivity contribution >= 4 is 44.6 Å². The van der Waals surface area contributed by atoms with Crippen LogP contribution in [0.5, 0.6) is 11.6 Å². The van der Waals surface area contributed by atoms with Gasteiger partial charge in [0.25, 0.3) is 5.91 Å². The Labute approximate surface area is 322 Å². The van der Waals surface area contributed by atoms with Gasteiger partial charge in [0.1, 0.15) is 35.1 Å². The fourth-order valence-corrected chi connectivity index (χ4v) is 9.05. The van der Waals surface area contributed by atoms with Crippen LogP contribution in [0.4, 0.5) is 4.79 Å². The minimum Gasteiger partial charge on any atom is -0.494 e. The number of hydrogen-bond acceptors (Lipinski definition) is 11. The Hall–Kier alpha value is -4.44. The molecule has 15 nitrogen and oxygen atoms in total. The Morgan fingerprint density at radius 1 is 1.07 bits per heavy atom. The summed E-state index contributed by atoms with van der Waals surface area (Å²) in [6.45, 7) is 7.30. The molecule has 3 fully saturated rings. The SMILES string of the molecule is COCC1CC(C)CCC=CC2CC2(C(=O)NS(=O)(=O)C2CC2)NC(=O)C2CC(Oc3ncc(OC)c4ccccc34)CN2C(=O)C1NC(=O)OC(C)(C)C. The van der Waals surface area contributed by atoms with Crippen LogP contribution in [0.2, 0.25) is 0 Å². The summed E-state index contributed by atoms with van der Waals surface area (Å²) in [5, 5.41) is 6.48. The van der Waals surface area contributed by atoms with Gasteiger partial charge in [0.2, 0.25) is 27.7 Å². The van der Waals surface area contributed by atoms with Gasteiger partial charge in [-0.25, -0.2) is 18.2 Å². The highest BCUT2D eigenvalue weighted by atomic mass is 32.2. The molecule has 2 aliphatic heterocycles. The van der Waals surface area contributed by atoms with Crippen LogP contribution < -0.4 is 24.8 Å². The number of nitrogens with zero attached hydrogens (tertiary/aromatic N) is 2. The monoisotopic (exact) mass is 783 g/mol. The van der Waals surface area contributed by atoms with E-state index in [-0.39, 0.29) is 37.8 Å². The molecule has 300 valence electrons. The standard InChI is InChI=1S/C39H53N5O10S/c1-23-11-7-8-12-25-19-39(25,36(47)43-55(49,50)27-15-16-27)42-33(45)30-18-26(53-34-29-14-10-9-13-28(29)31(52-6)20-40-34)21-44(30)35(46)32(24(17-23)22-51-5)41-37(48)54-38(2,3)4/h8-10,12-14,20,23-27,30,32H,7,11,15-19,21-22H2,1-6H3,(H,41,48)(H,42,45)(H,43,47). The third-order valence-electron chi connectivity index (χ3n) is 10.7. The second kappa shape index (κ2) is 16.0. The molecule has 1 saturated heterocycles. The fraction of sp³-hybridized carbons (Fsp3) is 0.615. The van der Waals surface area contributed by atoms with Crippen LogP contribution in [0.25, 0.3) is 10.8 Å². The maximum Gasteiger partial charge on any atom is 0.408 e. The van der Waals surface area contributed by atoms with Crippen LogP contribution >= 0.6 is 0 Å². The van der Waals surface area contributed by atoms with Crippen LogP contribution in [0.15, 0.2) is 42.6 Å². The van der Waals surface area contributed by atoms with E-state index in [2.05, 4.69) is 27.3 Å². The molecule has 55 heavy (non-hydrogen) atoms. The molecule has 1 aromatic heterocycles. The number of carbonyl (C=O) groups excluding carboxylic acids is 4. The van der Waals surface area contributed by atoms with Crippen LogP contribution in [-0.2, 0) is 33.9 Å². The zero-order valence-corrected chi connectivity index (χ0v) is 33.1. The van der Waals surface area contributed by atoms with E-state index < -0.39 is 80.3 Å². The van der Waals surface area contributed by atoms with Gasteiger partial charge in [-0.3, -0.25) is 19.1 Å². The number of nitrogens with one attached hydrogen (secondary N) is 3. The highest BCUT2D eigenvalue weighted by molar-refractivity contribution is 7.91. The molecule has 3 N–H and O–H groups in total. The van der Waals surface area contributed by atoms with E-state index in [1.807, 2.05) is 36.4 Å². The molecule has 0 spiro atoms. The van der Waals surface area contributed by atoms with Crippen molar-refractivity contribution in [2.75, 3.05) is 27.4 Å². The smallest absolute Gasteiger partial charge is 0.408 e. The first-order valence-corrected chi connectivity index (χ1v) is 20.5. The van der Waals surface area contributed by atoms with Crippen molar-refractivity contribution in [1.82, 2.24) is 25.2 Å². The van der Waals surface area contributed by atoms with Crippen LogP contribution in [0.1, 0.15) is 72.6 Å². The molecule has 2 aliphatic carbocycles. The Morgan fingerprint density at radius 3 is 2.47 bits per heavy atom. The predicted molar refractivity (Wildman–Crippen MR) is 203 cm³/mol. The van der Waals surface area contributed by atoms with Gasteiger partial charge in [0.15, 0.2) is 0 Å². The summed E-state index contributed by atoms with van der Waals surface area (Å²) < 4.78 is 51.2. The second-order valence-corrected chi connectivity index (χ2v) is 18.3. The molecule has 7 atom stereocenters. The lowest BCUT2D eigenvalue weighted by atomic mass is 9.87. The van der Waals surface area contributed by atoms with E-state index in [0.717, 1.165) is 11.8 Å². The maximum atomic E-state index is 14.9. The number of benzene rings is 1. The summed E-state index contributed by atoms with van der Waals surface area (Å²) in [4.78, 5) is 62.5. The maximum absolute atomic E-state index is 14.9. The number of methoxy groups -OCH3 is 2. The number of sulfonamides is 1. The molecule has 16 heteroatoms. The number of ether oxygens (including phenoxy) is 4. The Morgan fingerprint density at radius 2 is 1.80 bits per heavy atom. The summed E-state index contributed by atoms with van der Waals surface area (Å²) in [7, 11) is -0.839. The number of hydrogen-bond donors (Lipinski definition) is 3. The fourth-order valence-electron chi connectivity index (χ4n) is 7.68. The number of carbonyl (C=O) groups is 4. The highest BCUT2D eigenvalue weighted by Gasteiger charge is 2.62. The molecule has 2 aromatic rings. The van der Waals surface area contributed by atoms with Crippen molar-refractivity contribution in [3.05, 3.63) is 42.6 Å². The van der Waals surface area contributed by atoms with Gasteiger partial charge in [-0.2, -0.15) is 0 Å². The number of fused-ring (bicyclic) bond motifs is 3. The van der Waals surface area contributed by atoms with Crippen molar-refractivity contribution < 1.29 is 46.5 Å². The van der Waals surface area contributed by atoms with Gasteiger partial charge < -0.3 is 34.5 Å². The second-order valence-electron chi connectivity index (χ2n) is 16.3. The van der Waals surface area contributed by atoms with Crippen molar-refractivity contribution in [3.63, 3.8) is 0 Å². The highest BCUT2D eigenvalue weighted by Crippen LogP contribution is 2.46. The van der Waals surface area contributed by atoms with Gasteiger partial charge in [-0.05, 0) is 71.3 Å². The number of rotatable bonds is 9. The van der Waals surface area contributed by atoms with Gasteiger partial charge >= 0.3 is 6.09 Å². The van der Waals surface area contributed by atoms with E-state index in [0.29, 0.717) is 36.8 Å². The molecule has 6 rings (SSSR count). The van der Waals surface area contributed by atoms with Gasteiger partial charge in [0.05, 0.1) is 31.7 Å². The molecule has 7 unspecified atom stereocenters. The van der Waals surface area contributed by atoms with Crippen LogP contribution in [0, 0.1) is 17.8 Å². The molecule has 1 aromatic carbocycles. The first-order valence-electron chi connectivity index (χ1n) is 19.0. The van der Waals surface area contributed by atoms with Gasteiger partial charge in [-0.15, -0.1) is 0 Å². The zero-order chi connectivity index (χ0) is 39.7. The normalized spacial score (nSPS) is 28.9. The van der Waals surface area contributed by atoms with Crippen molar-refractivity contribution in [2.45, 2.75) is 107 Å². The molecular formula is C39H53N5O10S. The third kappa shape index (κ3) is 9.17. The molecule has 0 radical (unpaired) electrons. The Balaban J connectivity index is 1.37. The molecular weight excluding hydrogens is 731 g/mol. The summed E-state index contributed by atoms with van der Waals surface area (Å²) in [5.41, 5.74) is -2.38. The van der Waals surface area contributed by atoms with Crippen molar-refractivity contribution in [3.8, 4) is 11.6 Å². The summed E-state index contributed by atoms with van der Waals surface area (Å²) >= 11 is 0. The largest absolute Gasteiger partial charge is 0.494 e. The quantitative estimate of drug-likeness (QED) is 0.315. The first kappa shape index (κ1) is 40.2. The number of alkyl carbamates (subject to hydrolysis) is 1. The minimum absolute atomic E-state index is 0.0166. The first-order chi connectivity index (χ1) is 26.0. The summed E-state index contributed by atoms with van der Waals surface area (Å²) in [6.07, 6.45) is 6.83. The topological polar surface area (TPSA) is 192 Å². The van der Waals surface area contributed by atoms with Crippen molar-refractivity contribution in [2.24, 2.45) is 17.8 Å². The van der Waals surface area contributed by atoms with Crippen LogP contribution in [-0.4, -0.2) is 104 Å². The number of amides is 4. The van der Waals surface area contributed by atoms with Crippen LogP contribution in [0.3, 0.4) is 0 Å². The number of pyridine rings is 1. The Bertz CT molecular complexity index is 1930. The van der Waals surface area contributed by atoms with Crippen molar-refractivity contribution in [1.29, 1.82) is 0 Å². The third-order valence-corrected chi connectivity index (χ3v) is 12.5. The lowest BCUT2D eigenvalue weighted by Crippen LogP contribution is -2.59. The Kier molecular flexibility index (Phi) is 11.7. The molecule has 0 bridgehead atoms. The molecule has 2 saturated carbocycles. The van der Waals surface area contributed by atoms with E-state index in [9.17, 15) is 27.6 Å². The van der Waals surface area contributed by atoms with Gasteiger partial charge in [0, 0.05) is 36.1 Å². The lowest BCUT2D eigenvalue weighted by molar-refractivity contribution is -0.142. The summed E-state index contributed by atoms with van der Waals surface area (Å²) in [5.74, 6) is -2.04.